The first-order valence-electron chi connectivity index (χ1n) is 30.0. The summed E-state index contributed by atoms with van der Waals surface area (Å²) in [5, 5.41) is 0. The zero-order valence-corrected chi connectivity index (χ0v) is 53.8. The van der Waals surface area contributed by atoms with Gasteiger partial charge in [0.25, 0.3) is 0 Å². The number of methoxy groups -OCH3 is 2. The fourth-order valence-corrected chi connectivity index (χ4v) is 19.3. The van der Waals surface area contributed by atoms with Crippen LogP contribution in [0.2, 0.25) is 36.3 Å². The molecule has 14 atom stereocenters. The predicted octanol–water partition coefficient (Wildman–Crippen LogP) is 14.2. The molecule has 5 aliphatic rings. The lowest BCUT2D eigenvalue weighted by atomic mass is 9.79. The molecule has 0 N–H and O–H groups in total. The Bertz CT molecular complexity index is 2590. The molecule has 16 heteroatoms. The minimum absolute atomic E-state index is 0.0497. The van der Waals surface area contributed by atoms with Gasteiger partial charge in [0.1, 0.15) is 38.1 Å². The van der Waals surface area contributed by atoms with E-state index in [0.717, 1.165) is 36.0 Å². The third-order valence-corrected chi connectivity index (χ3v) is 24.1. The van der Waals surface area contributed by atoms with E-state index in [2.05, 4.69) is 125 Å². The number of ether oxygens (including phenoxy) is 8. The Kier molecular flexibility index (Phi) is 22.9. The number of carbonyl (C=O) groups excluding carboxylic acids is 1. The molecule has 0 amide bonds. The van der Waals surface area contributed by atoms with Crippen LogP contribution in [-0.2, 0) is 53.5 Å². The van der Waals surface area contributed by atoms with Crippen molar-refractivity contribution in [3.05, 3.63) is 95.4 Å². The molecule has 7 rings (SSSR count). The minimum atomic E-state index is -2.40. The average molecular weight is 1160 g/mol. The lowest BCUT2D eigenvalue weighted by Gasteiger charge is -2.49. The number of allylic oxidation sites excluding steroid dienone is 2. The summed E-state index contributed by atoms with van der Waals surface area (Å²) in [4.78, 5) is 23.5. The average Bonchev–Trinajstić information content (AvgIpc) is 4.20. The van der Waals surface area contributed by atoms with Crippen LogP contribution in [0.5, 0.6) is 0 Å². The van der Waals surface area contributed by atoms with Crippen LogP contribution in [0.3, 0.4) is 0 Å². The third-order valence-electron chi connectivity index (χ3n) is 17.0. The van der Waals surface area contributed by atoms with E-state index >= 15 is 0 Å². The number of rotatable bonds is 16. The summed E-state index contributed by atoms with van der Waals surface area (Å²) in [6, 6.07) is 0. The van der Waals surface area contributed by atoms with Crippen molar-refractivity contribution in [2.45, 2.75) is 250 Å². The summed E-state index contributed by atoms with van der Waals surface area (Å²) >= 11 is 0. The van der Waals surface area contributed by atoms with E-state index < -0.39 is 46.5 Å². The first-order chi connectivity index (χ1) is 38.4. The molecular weight excluding hydrogens is 1060 g/mol. The van der Waals surface area contributed by atoms with Gasteiger partial charge in [-0.15, -0.1) is 11.5 Å². The number of hydrogen-bond donors (Lipinski definition) is 0. The Morgan fingerprint density at radius 1 is 0.901 bits per heavy atom. The van der Waals surface area contributed by atoms with Crippen molar-refractivity contribution in [2.75, 3.05) is 20.8 Å². The molecule has 0 spiro atoms. The lowest BCUT2D eigenvalue weighted by molar-refractivity contribution is -0.227. The molecule has 0 radical (unpaired) electrons. The fraction of sp³-hybridized carbons (Fsp3) is 0.677. The first-order valence-corrected chi connectivity index (χ1v) is 35.7. The van der Waals surface area contributed by atoms with Gasteiger partial charge >= 0.3 is 5.97 Å². The van der Waals surface area contributed by atoms with E-state index in [1.54, 1.807) is 32.8 Å². The van der Waals surface area contributed by atoms with Crippen molar-refractivity contribution in [3.63, 3.8) is 0 Å². The zero-order valence-electron chi connectivity index (χ0n) is 51.8. The maximum Gasteiger partial charge on any atom is 0.330 e. The molecule has 7 heterocycles. The van der Waals surface area contributed by atoms with E-state index in [-0.39, 0.29) is 60.7 Å². The maximum absolute atomic E-state index is 13.7. The van der Waals surface area contributed by atoms with Gasteiger partial charge in [-0.25, -0.2) is 14.8 Å². The number of oxazole rings is 2. The van der Waals surface area contributed by atoms with Crippen LogP contribution in [0.15, 0.2) is 81.1 Å². The zero-order chi connectivity index (χ0) is 58.8. The molecule has 4 fully saturated rings. The Morgan fingerprint density at radius 2 is 1.63 bits per heavy atom. The van der Waals surface area contributed by atoms with E-state index in [1.807, 2.05) is 31.2 Å². The minimum Gasteiger partial charge on any atom is -0.458 e. The van der Waals surface area contributed by atoms with Crippen LogP contribution in [-0.4, -0.2) is 120 Å². The molecule has 0 unspecified atom stereocenters. The van der Waals surface area contributed by atoms with E-state index in [0.29, 0.717) is 91.3 Å². The predicted molar refractivity (Wildman–Crippen MR) is 323 cm³/mol. The molecule has 448 valence electrons. The standard InChI is InChI=1S/C65H98N2O12Si2/c1-41(2)81(42(3)4,43(5)6)79-58(33-44(7)26-27-50(69-13)22-20-30-80(15,16)17)57-36-54(70-14)37-65(12,78-57)38-60-66-49(39-72-60)34-46(9)62-48(11)63-47(10)56(76-62)23-19-24-59-67-55(40-73-59)64-71-29-28-52(75-64)35-53-32-45(8)31-51(74-53)21-18-25-61(68)77-63/h18-19,24-27,33-34,39-43,47-48,50-54,56-58,62-64H,8,21-23,28-29,31-32,35-38H2,1-7,9-17H3/b24-19+,25-18-,27-26+,44-33+,46-34+/t47-,48-,50+,51-,52-,53+,54+,56+,57+,58-,62-,63-,64-,65-/m0/s1. The highest BCUT2D eigenvalue weighted by Gasteiger charge is 2.50. The molecule has 4 saturated heterocycles. The first kappa shape index (κ1) is 64.6. The third kappa shape index (κ3) is 17.6. The van der Waals surface area contributed by atoms with Crippen LogP contribution < -0.4 is 0 Å². The smallest absolute Gasteiger partial charge is 0.330 e. The normalized spacial score (nSPS) is 32.0. The number of nitrogens with zero attached hydrogens (tertiary/aromatic N) is 2. The quantitative estimate of drug-likeness (QED) is 0.0515. The summed E-state index contributed by atoms with van der Waals surface area (Å²) in [6.07, 6.45) is 22.6. The van der Waals surface area contributed by atoms with Crippen LogP contribution in [0.25, 0.3) is 12.2 Å². The fourth-order valence-electron chi connectivity index (χ4n) is 13.1. The van der Waals surface area contributed by atoms with Gasteiger partial charge in [0.05, 0.1) is 73.6 Å². The van der Waals surface area contributed by atoms with Crippen LogP contribution in [0.4, 0.5) is 0 Å². The lowest BCUT2D eigenvalue weighted by Crippen LogP contribution is -2.56. The molecule has 0 saturated carbocycles. The monoisotopic (exact) mass is 1150 g/mol. The van der Waals surface area contributed by atoms with Crippen molar-refractivity contribution in [1.29, 1.82) is 0 Å². The summed E-state index contributed by atoms with van der Waals surface area (Å²) in [6.45, 7) is 36.1. The van der Waals surface area contributed by atoms with Crippen LogP contribution in [0, 0.1) is 23.3 Å². The van der Waals surface area contributed by atoms with Crippen LogP contribution >= 0.6 is 0 Å². The van der Waals surface area contributed by atoms with Crippen LogP contribution in [0.1, 0.15) is 163 Å². The van der Waals surface area contributed by atoms with Gasteiger partial charge in [-0.3, -0.25) is 0 Å². The second-order valence-electron chi connectivity index (χ2n) is 26.0. The maximum atomic E-state index is 13.7. The van der Waals surface area contributed by atoms with E-state index in [4.69, 9.17) is 61.1 Å². The second-order valence-corrected chi connectivity index (χ2v) is 36.1. The van der Waals surface area contributed by atoms with Crippen molar-refractivity contribution < 1.29 is 55.9 Å². The summed E-state index contributed by atoms with van der Waals surface area (Å²) in [7, 11) is -0.372. The van der Waals surface area contributed by atoms with Gasteiger partial charge in [0.2, 0.25) is 20.5 Å². The van der Waals surface area contributed by atoms with Crippen molar-refractivity contribution in [2.24, 2.45) is 11.8 Å². The Labute approximate surface area is 487 Å². The second kappa shape index (κ2) is 28.7. The Hall–Kier alpha value is -4.00. The number of carbonyl (C=O) groups is 1. The highest BCUT2D eigenvalue weighted by molar-refractivity contribution is 6.83. The van der Waals surface area contributed by atoms with Crippen molar-refractivity contribution in [1.82, 2.24) is 9.97 Å². The molecule has 0 aromatic carbocycles. The highest BCUT2D eigenvalue weighted by atomic mass is 28.4. The van der Waals surface area contributed by atoms with Gasteiger partial charge in [0, 0.05) is 57.8 Å². The van der Waals surface area contributed by atoms with Crippen molar-refractivity contribution in [3.8, 4) is 11.5 Å². The number of esters is 1. The molecule has 14 nitrogen and oxygen atoms in total. The topological polar surface area (TPSA) is 152 Å². The van der Waals surface area contributed by atoms with Gasteiger partial charge in [-0.2, -0.15) is 0 Å². The Morgan fingerprint density at radius 3 is 2.33 bits per heavy atom. The number of aromatic nitrogens is 2. The summed E-state index contributed by atoms with van der Waals surface area (Å²) in [5.41, 5.74) is 8.27. The number of fused-ring (bicyclic) bond motifs is 9. The van der Waals surface area contributed by atoms with Crippen molar-refractivity contribution >= 4 is 34.5 Å². The molecule has 2 aromatic rings. The van der Waals surface area contributed by atoms with Gasteiger partial charge in [-0.1, -0.05) is 123 Å². The van der Waals surface area contributed by atoms with E-state index in [9.17, 15) is 4.79 Å². The van der Waals surface area contributed by atoms with E-state index in [1.165, 1.54) is 0 Å². The molecule has 5 aliphatic heterocycles. The Balaban J connectivity index is 1.11. The largest absolute Gasteiger partial charge is 0.458 e. The van der Waals surface area contributed by atoms with Gasteiger partial charge < -0.3 is 51.2 Å². The molecule has 0 aliphatic carbocycles. The molecule has 8 bridgehead atoms. The highest BCUT2D eigenvalue weighted by Crippen LogP contribution is 2.46. The molecular formula is C65H98N2O12Si2. The SMILES string of the molecule is C=C1C[C@@H]2C[C@@H]3CCO[C@@H](O3)c3coc(n3)/C=C/C[C@H]3O[C@@H](/C(C)=C/c4coc(C[C@]5(C)C[C@H](OC)C[C@H]([C@H](/C=C(C)/C=C/[C@@H](CC#C[Si](C)(C)C)OC)O[Si](C(C)C)(C(C)C)C(C)C)O5)n4)[C@H](C)[C@@H](OC(=O)/C=C\C[C@@H](C1)O2)[C@H]3C. The molecule has 2 aromatic heterocycles. The van der Waals surface area contributed by atoms with Gasteiger partial charge in [-0.05, 0) is 87.2 Å². The van der Waals surface area contributed by atoms with Gasteiger partial charge in [0.15, 0.2) is 5.89 Å². The summed E-state index contributed by atoms with van der Waals surface area (Å²) < 4.78 is 71.5. The summed E-state index contributed by atoms with van der Waals surface area (Å²) in [5.74, 6) is 3.64. The molecule has 81 heavy (non-hydrogen) atoms. The number of hydrogen-bond acceptors (Lipinski definition) is 14.